The molecule has 2 nitrogen and oxygen atoms in total. The number of ether oxygens (including phenoxy) is 1. The van der Waals surface area contributed by atoms with Crippen molar-refractivity contribution in [1.82, 2.24) is 0 Å². The molecule has 0 bridgehead atoms. The Morgan fingerprint density at radius 1 is 1.38 bits per heavy atom. The minimum absolute atomic E-state index is 0.0481. The van der Waals surface area contributed by atoms with Crippen LogP contribution in [0, 0.1) is 17.3 Å². The van der Waals surface area contributed by atoms with Gasteiger partial charge in [-0.2, -0.15) is 0 Å². The van der Waals surface area contributed by atoms with Gasteiger partial charge in [-0.15, -0.1) is 0 Å². The second-order valence-corrected chi connectivity index (χ2v) is 4.62. The Morgan fingerprint density at radius 2 is 1.92 bits per heavy atom. The molecule has 2 atom stereocenters. The quantitative estimate of drug-likeness (QED) is 0.613. The van der Waals surface area contributed by atoms with Crippen molar-refractivity contribution in [2.75, 3.05) is 7.11 Å². The summed E-state index contributed by atoms with van der Waals surface area (Å²) < 4.78 is 4.92. The Balaban J connectivity index is 2.11. The predicted octanol–water partition coefficient (Wildman–Crippen LogP) is 2.38. The van der Waals surface area contributed by atoms with Gasteiger partial charge in [0.15, 0.2) is 0 Å². The van der Waals surface area contributed by atoms with Gasteiger partial charge >= 0.3 is 5.97 Å². The number of rotatable bonds is 2. The van der Waals surface area contributed by atoms with E-state index in [1.54, 1.807) is 0 Å². The lowest BCUT2D eigenvalue weighted by Crippen LogP contribution is -2.27. The predicted molar refractivity (Wildman–Crippen MR) is 50.2 cm³/mol. The molecule has 13 heavy (non-hydrogen) atoms. The summed E-state index contributed by atoms with van der Waals surface area (Å²) in [6.07, 6.45) is 6.13. The normalized spacial score (nSPS) is 39.1. The minimum Gasteiger partial charge on any atom is -0.469 e. The number of methoxy groups -OCH3 is 1. The van der Waals surface area contributed by atoms with Crippen LogP contribution >= 0.6 is 0 Å². The van der Waals surface area contributed by atoms with E-state index in [0.717, 1.165) is 6.42 Å². The molecule has 0 radical (unpaired) electrons. The molecular weight excluding hydrogens is 164 g/mol. The van der Waals surface area contributed by atoms with Gasteiger partial charge in [0.05, 0.1) is 12.5 Å². The minimum atomic E-state index is -0.0642. The third-order valence-corrected chi connectivity index (χ3v) is 4.01. The molecule has 0 aliphatic heterocycles. The number of carbonyl (C=O) groups excluding carboxylic acids is 1. The first-order chi connectivity index (χ1) is 6.21. The molecule has 0 amide bonds. The summed E-state index contributed by atoms with van der Waals surface area (Å²) in [5, 5.41) is 0. The van der Waals surface area contributed by atoms with E-state index in [4.69, 9.17) is 4.74 Å². The SMILES string of the molecule is COC(=O)C1(C2CCCC2)CC1C. The van der Waals surface area contributed by atoms with Crippen molar-refractivity contribution >= 4 is 5.97 Å². The Kier molecular flexibility index (Phi) is 2.09. The van der Waals surface area contributed by atoms with Gasteiger partial charge in [0.1, 0.15) is 0 Å². The van der Waals surface area contributed by atoms with E-state index in [1.165, 1.54) is 32.8 Å². The Bertz CT molecular complexity index is 218. The summed E-state index contributed by atoms with van der Waals surface area (Å²) in [5.74, 6) is 1.23. The summed E-state index contributed by atoms with van der Waals surface area (Å²) in [7, 11) is 1.52. The van der Waals surface area contributed by atoms with E-state index in [-0.39, 0.29) is 11.4 Å². The number of carbonyl (C=O) groups is 1. The van der Waals surface area contributed by atoms with Crippen LogP contribution in [0.1, 0.15) is 39.0 Å². The van der Waals surface area contributed by atoms with Gasteiger partial charge in [-0.25, -0.2) is 0 Å². The van der Waals surface area contributed by atoms with Crippen LogP contribution in [0.2, 0.25) is 0 Å². The Hall–Kier alpha value is -0.530. The zero-order chi connectivity index (χ0) is 9.47. The molecule has 2 aliphatic rings. The van der Waals surface area contributed by atoms with Crippen molar-refractivity contribution in [2.45, 2.75) is 39.0 Å². The van der Waals surface area contributed by atoms with Crippen molar-refractivity contribution in [1.29, 1.82) is 0 Å². The first-order valence-corrected chi connectivity index (χ1v) is 5.30. The number of esters is 1. The second-order valence-electron chi connectivity index (χ2n) is 4.62. The lowest BCUT2D eigenvalue weighted by molar-refractivity contribution is -0.150. The summed E-state index contributed by atoms with van der Waals surface area (Å²) in [6.45, 7) is 2.18. The zero-order valence-electron chi connectivity index (χ0n) is 8.51. The lowest BCUT2D eigenvalue weighted by Gasteiger charge is -2.20. The zero-order valence-corrected chi connectivity index (χ0v) is 8.51. The average molecular weight is 182 g/mol. The van der Waals surface area contributed by atoms with Crippen LogP contribution in [-0.4, -0.2) is 13.1 Å². The standard InChI is InChI=1S/C11H18O2/c1-8-7-11(8,10(12)13-2)9-5-3-4-6-9/h8-9H,3-7H2,1-2H3. The first kappa shape index (κ1) is 9.04. The largest absolute Gasteiger partial charge is 0.469 e. The molecular formula is C11H18O2. The number of hydrogen-bond donors (Lipinski definition) is 0. The third-order valence-electron chi connectivity index (χ3n) is 4.01. The fourth-order valence-corrected chi connectivity index (χ4v) is 3.10. The number of hydrogen-bond acceptors (Lipinski definition) is 2. The summed E-state index contributed by atoms with van der Waals surface area (Å²) in [5.41, 5.74) is -0.0642. The molecule has 2 fully saturated rings. The van der Waals surface area contributed by atoms with Gasteiger partial charge in [-0.3, -0.25) is 4.79 Å². The van der Waals surface area contributed by atoms with Gasteiger partial charge in [0.2, 0.25) is 0 Å². The maximum atomic E-state index is 11.7. The molecule has 2 aliphatic carbocycles. The molecule has 2 unspecified atom stereocenters. The van der Waals surface area contributed by atoms with Crippen LogP contribution in [0.15, 0.2) is 0 Å². The van der Waals surface area contributed by atoms with Crippen LogP contribution in [0.25, 0.3) is 0 Å². The highest BCUT2D eigenvalue weighted by Gasteiger charge is 2.62. The maximum Gasteiger partial charge on any atom is 0.312 e. The molecule has 74 valence electrons. The highest BCUT2D eigenvalue weighted by molar-refractivity contribution is 5.81. The van der Waals surface area contributed by atoms with Gasteiger partial charge in [0.25, 0.3) is 0 Å². The van der Waals surface area contributed by atoms with Crippen molar-refractivity contribution in [2.24, 2.45) is 17.3 Å². The van der Waals surface area contributed by atoms with Crippen molar-refractivity contribution in [3.05, 3.63) is 0 Å². The van der Waals surface area contributed by atoms with Gasteiger partial charge in [-0.1, -0.05) is 19.8 Å². The molecule has 0 aromatic rings. The average Bonchev–Trinajstić information content (AvgIpc) is 2.63. The topological polar surface area (TPSA) is 26.3 Å². The lowest BCUT2D eigenvalue weighted by atomic mass is 9.85. The van der Waals surface area contributed by atoms with Crippen LogP contribution in [-0.2, 0) is 9.53 Å². The van der Waals surface area contributed by atoms with Crippen LogP contribution < -0.4 is 0 Å². The fourth-order valence-electron chi connectivity index (χ4n) is 3.10. The molecule has 0 saturated heterocycles. The Morgan fingerprint density at radius 3 is 2.31 bits per heavy atom. The second kappa shape index (κ2) is 3.00. The van der Waals surface area contributed by atoms with E-state index < -0.39 is 0 Å². The van der Waals surface area contributed by atoms with E-state index in [2.05, 4.69) is 6.92 Å². The van der Waals surface area contributed by atoms with Crippen molar-refractivity contribution in [3.8, 4) is 0 Å². The van der Waals surface area contributed by atoms with Gasteiger partial charge < -0.3 is 4.74 Å². The molecule has 0 aromatic heterocycles. The van der Waals surface area contributed by atoms with Gasteiger partial charge in [0, 0.05) is 0 Å². The van der Waals surface area contributed by atoms with E-state index >= 15 is 0 Å². The Labute approximate surface area is 79.7 Å². The van der Waals surface area contributed by atoms with E-state index in [1.807, 2.05) is 0 Å². The molecule has 2 rings (SSSR count). The van der Waals surface area contributed by atoms with E-state index in [9.17, 15) is 4.79 Å². The van der Waals surface area contributed by atoms with Gasteiger partial charge in [-0.05, 0) is 31.1 Å². The van der Waals surface area contributed by atoms with Crippen LogP contribution in [0.3, 0.4) is 0 Å². The summed E-state index contributed by atoms with van der Waals surface area (Å²) >= 11 is 0. The van der Waals surface area contributed by atoms with Crippen LogP contribution in [0.5, 0.6) is 0 Å². The smallest absolute Gasteiger partial charge is 0.312 e. The molecule has 0 N–H and O–H groups in total. The summed E-state index contributed by atoms with van der Waals surface area (Å²) in [4.78, 5) is 11.7. The van der Waals surface area contributed by atoms with E-state index in [0.29, 0.717) is 11.8 Å². The van der Waals surface area contributed by atoms with Crippen molar-refractivity contribution in [3.63, 3.8) is 0 Å². The summed E-state index contributed by atoms with van der Waals surface area (Å²) in [6, 6.07) is 0. The third kappa shape index (κ3) is 1.18. The fraction of sp³-hybridized carbons (Fsp3) is 0.909. The maximum absolute atomic E-state index is 11.7. The molecule has 2 heteroatoms. The highest BCUT2D eigenvalue weighted by Crippen LogP contribution is 2.62. The van der Waals surface area contributed by atoms with Crippen molar-refractivity contribution < 1.29 is 9.53 Å². The highest BCUT2D eigenvalue weighted by atomic mass is 16.5. The first-order valence-electron chi connectivity index (χ1n) is 5.30. The molecule has 0 heterocycles. The molecule has 0 aromatic carbocycles. The van der Waals surface area contributed by atoms with Crippen LogP contribution in [0.4, 0.5) is 0 Å². The molecule has 0 spiro atoms. The monoisotopic (exact) mass is 182 g/mol. The molecule has 2 saturated carbocycles.